The summed E-state index contributed by atoms with van der Waals surface area (Å²) >= 11 is 15.0. The number of nitro groups is 1. The van der Waals surface area contributed by atoms with Crippen LogP contribution in [0.2, 0.25) is 10.0 Å². The molecule has 0 atom stereocenters. The van der Waals surface area contributed by atoms with E-state index in [0.29, 0.717) is 21.1 Å². The molecule has 0 saturated carbocycles. The van der Waals surface area contributed by atoms with Gasteiger partial charge >= 0.3 is 0 Å². The van der Waals surface area contributed by atoms with Gasteiger partial charge in [0.25, 0.3) is 5.69 Å². The number of nitrogens with one attached hydrogen (secondary N) is 1. The van der Waals surface area contributed by atoms with Crippen molar-refractivity contribution in [2.75, 3.05) is 5.32 Å². The van der Waals surface area contributed by atoms with Gasteiger partial charge in [-0.1, -0.05) is 35.3 Å². The number of hydrogen-bond acceptors (Lipinski definition) is 3. The number of hydrogen-bond donors (Lipinski definition) is 1. The first-order valence-corrected chi connectivity index (χ1v) is 7.14. The lowest BCUT2D eigenvalue weighted by molar-refractivity contribution is -0.385. The number of anilines is 1. The van der Waals surface area contributed by atoms with Crippen molar-refractivity contribution in [2.45, 2.75) is 6.54 Å². The molecule has 0 bridgehead atoms. The molecule has 4 nitrogen and oxygen atoms in total. The molecule has 2 aromatic rings. The number of nitrogens with zero attached hydrogens (tertiary/aromatic N) is 1. The van der Waals surface area contributed by atoms with E-state index >= 15 is 0 Å². The summed E-state index contributed by atoms with van der Waals surface area (Å²) < 4.78 is 0.470. The summed E-state index contributed by atoms with van der Waals surface area (Å²) in [6, 6.07) is 10.1. The zero-order valence-corrected chi connectivity index (χ0v) is 13.2. The molecule has 1 N–H and O–H groups in total. The van der Waals surface area contributed by atoms with Gasteiger partial charge in [-0.05, 0) is 39.7 Å². The predicted octanol–water partition coefficient (Wildman–Crippen LogP) is 5.28. The van der Waals surface area contributed by atoms with Gasteiger partial charge in [0, 0.05) is 18.3 Å². The van der Waals surface area contributed by atoms with Crippen LogP contribution in [-0.2, 0) is 6.54 Å². The van der Waals surface area contributed by atoms with E-state index in [4.69, 9.17) is 23.2 Å². The zero-order chi connectivity index (χ0) is 14.7. The summed E-state index contributed by atoms with van der Waals surface area (Å²) in [5.74, 6) is 0. The summed E-state index contributed by atoms with van der Waals surface area (Å²) in [5, 5.41) is 14.9. The van der Waals surface area contributed by atoms with Crippen LogP contribution in [0.15, 0.2) is 40.9 Å². The van der Waals surface area contributed by atoms with Gasteiger partial charge in [-0.3, -0.25) is 10.1 Å². The van der Waals surface area contributed by atoms with Gasteiger partial charge in [0.1, 0.15) is 4.47 Å². The molecule has 0 heterocycles. The van der Waals surface area contributed by atoms with Gasteiger partial charge in [-0.25, -0.2) is 0 Å². The smallest absolute Gasteiger partial charge is 0.283 e. The third-order valence-electron chi connectivity index (χ3n) is 2.66. The maximum absolute atomic E-state index is 10.9. The van der Waals surface area contributed by atoms with Crippen molar-refractivity contribution in [3.63, 3.8) is 0 Å². The first-order chi connectivity index (χ1) is 9.49. The van der Waals surface area contributed by atoms with E-state index in [1.54, 1.807) is 24.3 Å². The lowest BCUT2D eigenvalue weighted by atomic mass is 10.2. The average molecular weight is 376 g/mol. The first-order valence-electron chi connectivity index (χ1n) is 5.59. The van der Waals surface area contributed by atoms with Gasteiger partial charge in [-0.15, -0.1) is 0 Å². The number of halogens is 3. The molecule has 0 aromatic heterocycles. The van der Waals surface area contributed by atoms with Crippen LogP contribution < -0.4 is 5.32 Å². The van der Waals surface area contributed by atoms with Crippen LogP contribution in [-0.4, -0.2) is 4.92 Å². The van der Waals surface area contributed by atoms with Crippen LogP contribution in [0.5, 0.6) is 0 Å². The molecule has 0 aliphatic carbocycles. The Kier molecular flexibility index (Phi) is 4.86. The Hall–Kier alpha value is -1.30. The minimum absolute atomic E-state index is 0.0402. The van der Waals surface area contributed by atoms with Crippen molar-refractivity contribution in [3.8, 4) is 0 Å². The highest BCUT2D eigenvalue weighted by molar-refractivity contribution is 9.10. The van der Waals surface area contributed by atoms with Gasteiger partial charge in [0.2, 0.25) is 0 Å². The van der Waals surface area contributed by atoms with Gasteiger partial charge < -0.3 is 5.32 Å². The number of rotatable bonds is 4. The second-order valence-corrected chi connectivity index (χ2v) is 5.60. The highest BCUT2D eigenvalue weighted by Gasteiger charge is 2.14. The fraction of sp³-hybridized carbons (Fsp3) is 0.0769. The Morgan fingerprint density at radius 1 is 1.20 bits per heavy atom. The van der Waals surface area contributed by atoms with E-state index in [1.807, 2.05) is 6.07 Å². The zero-order valence-electron chi connectivity index (χ0n) is 10.1. The molecule has 0 aliphatic heterocycles. The fourth-order valence-corrected chi connectivity index (χ4v) is 2.49. The van der Waals surface area contributed by atoms with Crippen molar-refractivity contribution < 1.29 is 4.92 Å². The quantitative estimate of drug-likeness (QED) is 0.584. The minimum atomic E-state index is -0.424. The lowest BCUT2D eigenvalue weighted by Crippen LogP contribution is -2.01. The number of nitro benzene ring substituents is 1. The molecule has 2 rings (SSSR count). The Morgan fingerprint density at radius 2 is 1.95 bits per heavy atom. The monoisotopic (exact) mass is 374 g/mol. The first kappa shape index (κ1) is 15.1. The summed E-state index contributed by atoms with van der Waals surface area (Å²) in [6.45, 7) is 0.431. The minimum Gasteiger partial charge on any atom is -0.381 e. The van der Waals surface area contributed by atoms with Crippen molar-refractivity contribution in [3.05, 3.63) is 66.6 Å². The molecule has 0 unspecified atom stereocenters. The molecule has 2 aromatic carbocycles. The highest BCUT2D eigenvalue weighted by Crippen LogP contribution is 2.29. The molecule has 0 amide bonds. The molecule has 0 radical (unpaired) electrons. The van der Waals surface area contributed by atoms with Crippen LogP contribution in [0.4, 0.5) is 11.4 Å². The van der Waals surface area contributed by atoms with Crippen molar-refractivity contribution >= 4 is 50.5 Å². The largest absolute Gasteiger partial charge is 0.381 e. The molecule has 20 heavy (non-hydrogen) atoms. The van der Waals surface area contributed by atoms with Crippen molar-refractivity contribution in [1.29, 1.82) is 0 Å². The van der Waals surface area contributed by atoms with E-state index in [1.165, 1.54) is 6.07 Å². The molecule has 0 spiro atoms. The topological polar surface area (TPSA) is 55.2 Å². The van der Waals surface area contributed by atoms with E-state index in [-0.39, 0.29) is 5.69 Å². The predicted molar refractivity (Wildman–Crippen MR) is 84.6 cm³/mol. The Labute approximate surface area is 134 Å². The normalized spacial score (nSPS) is 10.3. The van der Waals surface area contributed by atoms with E-state index < -0.39 is 4.92 Å². The maximum Gasteiger partial charge on any atom is 0.283 e. The van der Waals surface area contributed by atoms with Crippen LogP contribution in [0, 0.1) is 10.1 Å². The van der Waals surface area contributed by atoms with Gasteiger partial charge in [-0.2, -0.15) is 0 Å². The van der Waals surface area contributed by atoms with E-state index in [0.717, 1.165) is 11.3 Å². The van der Waals surface area contributed by atoms with Crippen LogP contribution >= 0.6 is 39.1 Å². The molecular formula is C13H9BrCl2N2O2. The maximum atomic E-state index is 10.9. The Bertz CT molecular complexity index is 665. The molecule has 104 valence electrons. The van der Waals surface area contributed by atoms with E-state index in [2.05, 4.69) is 21.2 Å². The second kappa shape index (κ2) is 6.43. The molecule has 0 fully saturated rings. The second-order valence-electron chi connectivity index (χ2n) is 3.99. The Balaban J connectivity index is 2.17. The fourth-order valence-electron chi connectivity index (χ4n) is 1.65. The van der Waals surface area contributed by atoms with Gasteiger partial charge in [0.05, 0.1) is 15.0 Å². The summed E-state index contributed by atoms with van der Waals surface area (Å²) in [4.78, 5) is 10.4. The molecule has 0 saturated heterocycles. The van der Waals surface area contributed by atoms with Crippen molar-refractivity contribution in [1.82, 2.24) is 0 Å². The van der Waals surface area contributed by atoms with Gasteiger partial charge in [0.15, 0.2) is 0 Å². The lowest BCUT2D eigenvalue weighted by Gasteiger charge is -2.09. The molecular weight excluding hydrogens is 367 g/mol. The average Bonchev–Trinajstić information content (AvgIpc) is 2.41. The highest BCUT2D eigenvalue weighted by atomic mass is 79.9. The third kappa shape index (κ3) is 3.42. The van der Waals surface area contributed by atoms with Crippen LogP contribution in [0.25, 0.3) is 0 Å². The van der Waals surface area contributed by atoms with E-state index in [9.17, 15) is 10.1 Å². The standard InChI is InChI=1S/C13H9BrCl2N2O2/c14-13-8(2-1-3-12(13)18(19)20)7-17-9-4-5-10(15)11(16)6-9/h1-6,17H,7H2. The van der Waals surface area contributed by atoms with Crippen LogP contribution in [0.1, 0.15) is 5.56 Å². The number of benzene rings is 2. The molecule has 0 aliphatic rings. The Morgan fingerprint density at radius 3 is 2.60 bits per heavy atom. The summed E-state index contributed by atoms with van der Waals surface area (Å²) in [7, 11) is 0. The SMILES string of the molecule is O=[N+]([O-])c1cccc(CNc2ccc(Cl)c(Cl)c2)c1Br. The summed E-state index contributed by atoms with van der Waals surface area (Å²) in [5.41, 5.74) is 1.61. The molecule has 7 heteroatoms. The third-order valence-corrected chi connectivity index (χ3v) is 4.31. The van der Waals surface area contributed by atoms with Crippen molar-refractivity contribution in [2.24, 2.45) is 0 Å². The van der Waals surface area contributed by atoms with Crippen LogP contribution in [0.3, 0.4) is 0 Å². The summed E-state index contributed by atoms with van der Waals surface area (Å²) in [6.07, 6.45) is 0.